The Bertz CT molecular complexity index is 1480. The number of rotatable bonds is 66. The second-order valence-electron chi connectivity index (χ2n) is 26.1. The van der Waals surface area contributed by atoms with Crippen LogP contribution in [0.5, 0.6) is 0 Å². The smallest absolute Gasteiger partial charge is 0.220 e. The molecule has 0 radical (unpaired) electrons. The van der Waals surface area contributed by atoms with Crippen LogP contribution in [-0.4, -0.2) is 87.5 Å². The molecule has 9 nitrogen and oxygen atoms in total. The number of ether oxygens (including phenoxy) is 2. The van der Waals surface area contributed by atoms with Crippen molar-refractivity contribution >= 4 is 5.91 Å². The number of hydrogen-bond acceptors (Lipinski definition) is 8. The third-order valence-electron chi connectivity index (χ3n) is 17.9. The molecule has 1 aliphatic heterocycles. The fourth-order valence-electron chi connectivity index (χ4n) is 12.0. The minimum absolute atomic E-state index is 0.180. The van der Waals surface area contributed by atoms with Gasteiger partial charge in [0.2, 0.25) is 5.91 Å². The Morgan fingerprint density at radius 3 is 1.06 bits per heavy atom. The molecule has 0 bridgehead atoms. The van der Waals surface area contributed by atoms with Crippen LogP contribution in [-0.2, 0) is 14.3 Å². The molecule has 1 amide bonds. The van der Waals surface area contributed by atoms with E-state index in [-0.39, 0.29) is 12.5 Å². The van der Waals surface area contributed by atoms with Gasteiger partial charge in [0.1, 0.15) is 24.4 Å². The van der Waals surface area contributed by atoms with Crippen molar-refractivity contribution in [2.24, 2.45) is 0 Å². The van der Waals surface area contributed by atoms with Crippen molar-refractivity contribution in [1.29, 1.82) is 0 Å². The highest BCUT2D eigenvalue weighted by molar-refractivity contribution is 5.76. The van der Waals surface area contributed by atoms with Gasteiger partial charge in [0.05, 0.1) is 25.4 Å². The maximum atomic E-state index is 13.1. The quantitative estimate of drug-likeness (QED) is 0.0261. The van der Waals surface area contributed by atoms with Crippen LogP contribution in [0.25, 0.3) is 0 Å². The first-order chi connectivity index (χ1) is 41.8. The third kappa shape index (κ3) is 53.7. The summed E-state index contributed by atoms with van der Waals surface area (Å²) in [4.78, 5) is 13.1. The monoisotopic (exact) mass is 1200 g/mol. The Morgan fingerprint density at radius 1 is 0.400 bits per heavy atom. The van der Waals surface area contributed by atoms with Crippen molar-refractivity contribution in [2.45, 2.75) is 416 Å². The lowest BCUT2D eigenvalue weighted by Crippen LogP contribution is -2.60. The summed E-state index contributed by atoms with van der Waals surface area (Å²) in [6.45, 7) is 3.81. The number of unbranched alkanes of at least 4 members (excludes halogenated alkanes) is 50. The van der Waals surface area contributed by atoms with Crippen molar-refractivity contribution in [1.82, 2.24) is 5.32 Å². The molecule has 1 heterocycles. The van der Waals surface area contributed by atoms with E-state index in [0.29, 0.717) is 6.42 Å². The number of aliphatic hydroxyl groups is 5. The fraction of sp³-hybridized carbons (Fsp3) is 0.882. The van der Waals surface area contributed by atoms with Crippen LogP contribution in [0, 0.1) is 0 Å². The van der Waals surface area contributed by atoms with Crippen molar-refractivity contribution in [3.63, 3.8) is 0 Å². The molecule has 85 heavy (non-hydrogen) atoms. The molecular weight excluding hydrogens is 1050 g/mol. The maximum Gasteiger partial charge on any atom is 0.220 e. The molecule has 1 saturated heterocycles. The number of aliphatic hydroxyl groups excluding tert-OH is 5. The molecule has 0 aromatic rings. The molecule has 0 aliphatic carbocycles. The average Bonchev–Trinajstić information content (AvgIpc) is 3.54. The molecule has 7 unspecified atom stereocenters. The van der Waals surface area contributed by atoms with E-state index < -0.39 is 49.5 Å². The van der Waals surface area contributed by atoms with Crippen molar-refractivity contribution < 1.29 is 39.8 Å². The first-order valence-electron chi connectivity index (χ1n) is 37.4. The van der Waals surface area contributed by atoms with Crippen molar-refractivity contribution in [3.05, 3.63) is 48.6 Å². The molecule has 0 saturated carbocycles. The summed E-state index contributed by atoms with van der Waals surface area (Å²) in [6, 6.07) is -0.823. The number of allylic oxidation sites excluding steroid dienone is 7. The van der Waals surface area contributed by atoms with E-state index in [1.807, 2.05) is 6.08 Å². The first kappa shape index (κ1) is 81.2. The van der Waals surface area contributed by atoms with E-state index >= 15 is 0 Å². The molecule has 1 aliphatic rings. The Kier molecular flexibility index (Phi) is 62.2. The third-order valence-corrected chi connectivity index (χ3v) is 17.9. The lowest BCUT2D eigenvalue weighted by Gasteiger charge is -2.40. The van der Waals surface area contributed by atoms with Gasteiger partial charge in [-0.1, -0.05) is 351 Å². The highest BCUT2D eigenvalue weighted by Crippen LogP contribution is 2.24. The number of hydrogen-bond donors (Lipinski definition) is 6. The normalized spacial score (nSPS) is 18.3. The second-order valence-corrected chi connectivity index (χ2v) is 26.1. The molecule has 500 valence electrons. The van der Waals surface area contributed by atoms with E-state index in [9.17, 15) is 30.3 Å². The molecule has 1 fully saturated rings. The summed E-state index contributed by atoms with van der Waals surface area (Å²) in [5, 5.41) is 54.8. The zero-order chi connectivity index (χ0) is 61.4. The summed E-state index contributed by atoms with van der Waals surface area (Å²) in [5.74, 6) is -0.180. The van der Waals surface area contributed by atoms with Crippen LogP contribution < -0.4 is 5.32 Å². The molecule has 7 atom stereocenters. The molecule has 9 heteroatoms. The Balaban J connectivity index is 2.12. The van der Waals surface area contributed by atoms with Crippen LogP contribution in [0.1, 0.15) is 373 Å². The van der Waals surface area contributed by atoms with Gasteiger partial charge in [-0.25, -0.2) is 0 Å². The first-order valence-corrected chi connectivity index (χ1v) is 37.4. The highest BCUT2D eigenvalue weighted by Gasteiger charge is 2.44. The van der Waals surface area contributed by atoms with Gasteiger partial charge < -0.3 is 40.3 Å². The Hall–Kier alpha value is -1.85. The number of carbonyl (C=O) groups is 1. The number of carbonyl (C=O) groups excluding carboxylic acids is 1. The van der Waals surface area contributed by atoms with Gasteiger partial charge >= 0.3 is 0 Å². The second kappa shape index (κ2) is 65.1. The summed E-state index contributed by atoms with van der Waals surface area (Å²) in [5.41, 5.74) is 0. The summed E-state index contributed by atoms with van der Waals surface area (Å²) >= 11 is 0. The zero-order valence-electron chi connectivity index (χ0n) is 56.1. The predicted molar refractivity (Wildman–Crippen MR) is 364 cm³/mol. The largest absolute Gasteiger partial charge is 0.394 e. The van der Waals surface area contributed by atoms with E-state index in [0.717, 1.165) is 44.9 Å². The lowest BCUT2D eigenvalue weighted by atomic mass is 9.99. The van der Waals surface area contributed by atoms with Gasteiger partial charge in [-0.05, 0) is 64.2 Å². The Morgan fingerprint density at radius 2 is 0.706 bits per heavy atom. The summed E-state index contributed by atoms with van der Waals surface area (Å²) < 4.78 is 11.3. The van der Waals surface area contributed by atoms with Gasteiger partial charge in [-0.2, -0.15) is 0 Å². The van der Waals surface area contributed by atoms with Gasteiger partial charge in [0.25, 0.3) is 0 Å². The zero-order valence-corrected chi connectivity index (χ0v) is 56.1. The molecule has 0 spiro atoms. The van der Waals surface area contributed by atoms with Crippen LogP contribution in [0.2, 0.25) is 0 Å². The van der Waals surface area contributed by atoms with E-state index in [2.05, 4.69) is 55.6 Å². The molecule has 1 rings (SSSR count). The van der Waals surface area contributed by atoms with Crippen LogP contribution in [0.15, 0.2) is 48.6 Å². The average molecular weight is 1200 g/mol. The van der Waals surface area contributed by atoms with E-state index in [1.165, 1.54) is 308 Å². The summed E-state index contributed by atoms with van der Waals surface area (Å²) in [6.07, 6.45) is 82.4. The van der Waals surface area contributed by atoms with Crippen LogP contribution in [0.3, 0.4) is 0 Å². The SMILES string of the molecule is CCCCCCC/C=C\C/C=C\CCCCCCCCCCCCCCCCCCCCCC(=O)NC(COC1OC(CO)C(O)C(O)C1O)C(O)/C=C/CC/C=C/CCCCCCCCCCCCCCCCCCCCCCCCCCC. The van der Waals surface area contributed by atoms with Crippen LogP contribution >= 0.6 is 0 Å². The maximum absolute atomic E-state index is 13.1. The van der Waals surface area contributed by atoms with Crippen molar-refractivity contribution in [2.75, 3.05) is 13.2 Å². The van der Waals surface area contributed by atoms with Gasteiger partial charge in [0.15, 0.2) is 6.29 Å². The fourth-order valence-corrected chi connectivity index (χ4v) is 12.0. The highest BCUT2D eigenvalue weighted by atomic mass is 16.7. The molecule has 0 aromatic heterocycles. The van der Waals surface area contributed by atoms with Gasteiger partial charge in [0, 0.05) is 6.42 Å². The standard InChI is InChI=1S/C76H143NO8/c1-3-5-7-9-11-13-15-17-19-21-23-25-27-29-31-33-35-37-39-41-43-45-47-49-51-53-55-57-59-61-63-65-70(79)69(68-84-76-75(83)74(82)73(81)71(67-78)85-76)77-72(80)66-64-62-60-58-56-54-52-50-48-46-44-42-40-38-36-34-32-30-28-26-24-22-20-18-16-14-12-10-8-6-4-2/h16,18,22,24,55,57,63,65,69-71,73-76,78-79,81-83H,3-15,17,19-21,23,25-54,56,58-62,64,66-68H2,1-2H3,(H,77,80)/b18-16-,24-22-,57-55+,65-63+. The molecule has 0 aromatic carbocycles. The summed E-state index contributed by atoms with van der Waals surface area (Å²) in [7, 11) is 0. The topological polar surface area (TPSA) is 149 Å². The van der Waals surface area contributed by atoms with Crippen molar-refractivity contribution in [3.8, 4) is 0 Å². The minimum Gasteiger partial charge on any atom is -0.394 e. The minimum atomic E-state index is -1.57. The predicted octanol–water partition coefficient (Wildman–Crippen LogP) is 20.8. The van der Waals surface area contributed by atoms with Gasteiger partial charge in [-0.15, -0.1) is 0 Å². The van der Waals surface area contributed by atoms with E-state index in [4.69, 9.17) is 9.47 Å². The van der Waals surface area contributed by atoms with Crippen LogP contribution in [0.4, 0.5) is 0 Å². The van der Waals surface area contributed by atoms with E-state index in [1.54, 1.807) is 6.08 Å². The molecule has 6 N–H and O–H groups in total. The lowest BCUT2D eigenvalue weighted by molar-refractivity contribution is -0.302. The van der Waals surface area contributed by atoms with Gasteiger partial charge in [-0.3, -0.25) is 4.79 Å². The Labute approximate surface area is 526 Å². The number of nitrogens with one attached hydrogen (secondary N) is 1. The molecular formula is C76H143NO8. The number of amides is 1.